The van der Waals surface area contributed by atoms with Crippen LogP contribution in [0.3, 0.4) is 0 Å². The fraction of sp³-hybridized carbons (Fsp3) is 0.276. The second kappa shape index (κ2) is 11.1. The van der Waals surface area contributed by atoms with Gasteiger partial charge in [-0.3, -0.25) is 14.6 Å². The monoisotopic (exact) mass is 549 g/mol. The molecule has 1 saturated heterocycles. The normalized spacial score (nSPS) is 16.3. The summed E-state index contributed by atoms with van der Waals surface area (Å²) in [4.78, 5) is 44.5. The van der Waals surface area contributed by atoms with E-state index in [1.54, 1.807) is 30.3 Å². The van der Waals surface area contributed by atoms with Crippen molar-refractivity contribution in [3.63, 3.8) is 0 Å². The Morgan fingerprint density at radius 3 is 2.71 bits per heavy atom. The van der Waals surface area contributed by atoms with E-state index in [-0.39, 0.29) is 35.7 Å². The number of rotatable bonds is 6. The standard InChI is InChI=1S/C29H27N9O3/c1-19-24(15-33-35-28(19)39)38-17-21-4-2-3-5-22(21)25(38)18-41-27-16-31-14-23(34-27)29(40)37-10-8-36(9-11-37)26-7-6-20(12-30)13-32-26/h2-7,13-16,25H,8-11,17-18H2,1H3,(H,35,39). The quantitative estimate of drug-likeness (QED) is 0.380. The van der Waals surface area contributed by atoms with Gasteiger partial charge in [-0.1, -0.05) is 24.3 Å². The molecule has 12 nitrogen and oxygen atoms in total. The maximum atomic E-state index is 13.3. The number of hydrogen-bond acceptors (Lipinski definition) is 10. The molecule has 0 saturated carbocycles. The second-order valence-electron chi connectivity index (χ2n) is 9.90. The molecule has 5 heterocycles. The van der Waals surface area contributed by atoms with Gasteiger partial charge in [0.05, 0.1) is 35.9 Å². The minimum atomic E-state index is -0.232. The molecule has 3 aromatic heterocycles. The van der Waals surface area contributed by atoms with Gasteiger partial charge in [0, 0.05) is 44.5 Å². The third-order valence-electron chi connectivity index (χ3n) is 7.51. The number of benzene rings is 1. The Balaban J connectivity index is 1.13. The van der Waals surface area contributed by atoms with Crippen LogP contribution in [0.2, 0.25) is 0 Å². The lowest BCUT2D eigenvalue weighted by Gasteiger charge is -2.35. The molecule has 2 aliphatic heterocycles. The highest BCUT2D eigenvalue weighted by atomic mass is 16.5. The van der Waals surface area contributed by atoms with Crippen molar-refractivity contribution in [2.45, 2.75) is 19.5 Å². The Labute approximate surface area is 235 Å². The van der Waals surface area contributed by atoms with Crippen LogP contribution in [0.15, 0.2) is 66.0 Å². The average Bonchev–Trinajstić information content (AvgIpc) is 3.39. The lowest BCUT2D eigenvalue weighted by Crippen LogP contribution is -2.49. The molecule has 12 heteroatoms. The first-order valence-corrected chi connectivity index (χ1v) is 13.3. The first-order valence-electron chi connectivity index (χ1n) is 13.3. The average molecular weight is 550 g/mol. The molecule has 1 aromatic carbocycles. The molecular weight excluding hydrogens is 522 g/mol. The summed E-state index contributed by atoms with van der Waals surface area (Å²) in [7, 11) is 0. The van der Waals surface area contributed by atoms with Gasteiger partial charge < -0.3 is 19.4 Å². The van der Waals surface area contributed by atoms with Crippen LogP contribution in [0.1, 0.15) is 38.8 Å². The van der Waals surface area contributed by atoms with Crippen LogP contribution in [0.5, 0.6) is 5.88 Å². The molecular formula is C29H27N9O3. The zero-order valence-electron chi connectivity index (χ0n) is 22.4. The zero-order chi connectivity index (χ0) is 28.3. The van der Waals surface area contributed by atoms with E-state index in [4.69, 9.17) is 10.00 Å². The SMILES string of the molecule is Cc1c(N2Cc3ccccc3C2COc2cncc(C(=O)N3CCN(c4ccc(C#N)cn4)CC3)n2)cn[nH]c1=O. The zero-order valence-corrected chi connectivity index (χ0v) is 22.4. The van der Waals surface area contributed by atoms with Gasteiger partial charge in [0.25, 0.3) is 11.5 Å². The summed E-state index contributed by atoms with van der Waals surface area (Å²) in [6, 6.07) is 13.5. The molecule has 1 N–H and O–H groups in total. The first-order chi connectivity index (χ1) is 20.0. The van der Waals surface area contributed by atoms with Crippen LogP contribution in [0, 0.1) is 18.3 Å². The number of H-pyrrole nitrogens is 1. The molecule has 6 rings (SSSR count). The highest BCUT2D eigenvalue weighted by Crippen LogP contribution is 2.38. The summed E-state index contributed by atoms with van der Waals surface area (Å²) in [6.07, 6.45) is 6.16. The van der Waals surface area contributed by atoms with E-state index in [0.717, 1.165) is 22.6 Å². The summed E-state index contributed by atoms with van der Waals surface area (Å²) < 4.78 is 6.11. The number of aromatic nitrogens is 5. The lowest BCUT2D eigenvalue weighted by atomic mass is 10.1. The summed E-state index contributed by atoms with van der Waals surface area (Å²) in [5, 5.41) is 15.5. The van der Waals surface area contributed by atoms with Gasteiger partial charge in [0.2, 0.25) is 5.88 Å². The fourth-order valence-corrected chi connectivity index (χ4v) is 5.26. The topological polar surface area (TPSA) is 144 Å². The van der Waals surface area contributed by atoms with Gasteiger partial charge in [0.15, 0.2) is 5.69 Å². The number of pyridine rings is 1. The Kier molecular flexibility index (Phi) is 6.99. The van der Waals surface area contributed by atoms with Gasteiger partial charge in [-0.05, 0) is 30.2 Å². The molecule has 0 radical (unpaired) electrons. The minimum absolute atomic E-state index is 0.182. The van der Waals surface area contributed by atoms with Gasteiger partial charge >= 0.3 is 0 Å². The van der Waals surface area contributed by atoms with Crippen molar-refractivity contribution >= 4 is 17.4 Å². The third kappa shape index (κ3) is 5.17. The predicted octanol–water partition coefficient (Wildman–Crippen LogP) is 2.24. The van der Waals surface area contributed by atoms with Crippen molar-refractivity contribution in [1.82, 2.24) is 30.0 Å². The number of nitriles is 1. The summed E-state index contributed by atoms with van der Waals surface area (Å²) in [6.45, 7) is 4.87. The Bertz CT molecular complexity index is 1670. The van der Waals surface area contributed by atoms with E-state index in [2.05, 4.69) is 53.2 Å². The van der Waals surface area contributed by atoms with Crippen molar-refractivity contribution in [3.8, 4) is 11.9 Å². The van der Waals surface area contributed by atoms with Gasteiger partial charge in [-0.2, -0.15) is 10.4 Å². The van der Waals surface area contributed by atoms with Crippen LogP contribution >= 0.6 is 0 Å². The molecule has 0 bridgehead atoms. The van der Waals surface area contributed by atoms with E-state index < -0.39 is 0 Å². The van der Waals surface area contributed by atoms with E-state index in [1.807, 2.05) is 18.2 Å². The number of anilines is 2. The van der Waals surface area contributed by atoms with Crippen LogP contribution in [0.25, 0.3) is 0 Å². The van der Waals surface area contributed by atoms with Gasteiger partial charge in [-0.15, -0.1) is 0 Å². The second-order valence-corrected chi connectivity index (χ2v) is 9.90. The Hall–Kier alpha value is -5.31. The van der Waals surface area contributed by atoms with Crippen LogP contribution in [-0.4, -0.2) is 68.7 Å². The molecule has 1 amide bonds. The van der Waals surface area contributed by atoms with Crippen LogP contribution in [0.4, 0.5) is 11.5 Å². The Morgan fingerprint density at radius 1 is 1.10 bits per heavy atom. The van der Waals surface area contributed by atoms with E-state index in [0.29, 0.717) is 43.9 Å². The largest absolute Gasteiger partial charge is 0.474 e. The highest BCUT2D eigenvalue weighted by Gasteiger charge is 2.32. The number of nitrogens with one attached hydrogen (secondary N) is 1. The number of carbonyl (C=O) groups is 1. The van der Waals surface area contributed by atoms with Crippen LogP contribution < -0.4 is 20.1 Å². The van der Waals surface area contributed by atoms with Crippen molar-refractivity contribution in [1.29, 1.82) is 5.26 Å². The van der Waals surface area contributed by atoms with Gasteiger partial charge in [-0.25, -0.2) is 15.1 Å². The number of nitrogens with zero attached hydrogens (tertiary/aromatic N) is 8. The maximum absolute atomic E-state index is 13.3. The number of carbonyl (C=O) groups excluding carboxylic acids is 1. The smallest absolute Gasteiger partial charge is 0.274 e. The van der Waals surface area contributed by atoms with E-state index >= 15 is 0 Å². The number of fused-ring (bicyclic) bond motifs is 1. The first kappa shape index (κ1) is 25.9. The number of hydrogen-bond donors (Lipinski definition) is 1. The maximum Gasteiger partial charge on any atom is 0.274 e. The number of amides is 1. The predicted molar refractivity (Wildman–Crippen MR) is 150 cm³/mol. The summed E-state index contributed by atoms with van der Waals surface area (Å²) >= 11 is 0. The molecule has 0 aliphatic carbocycles. The molecule has 206 valence electrons. The molecule has 4 aromatic rings. The van der Waals surface area contributed by atoms with E-state index in [1.165, 1.54) is 12.4 Å². The molecule has 41 heavy (non-hydrogen) atoms. The highest BCUT2D eigenvalue weighted by molar-refractivity contribution is 5.92. The summed E-state index contributed by atoms with van der Waals surface area (Å²) in [5.41, 5.74) is 4.06. The number of aromatic amines is 1. The van der Waals surface area contributed by atoms with E-state index in [9.17, 15) is 9.59 Å². The molecule has 1 unspecified atom stereocenters. The number of ether oxygens (including phenoxy) is 1. The third-order valence-corrected chi connectivity index (χ3v) is 7.51. The molecule has 1 atom stereocenters. The van der Waals surface area contributed by atoms with Crippen molar-refractivity contribution < 1.29 is 9.53 Å². The van der Waals surface area contributed by atoms with Crippen molar-refractivity contribution in [2.24, 2.45) is 0 Å². The summed E-state index contributed by atoms with van der Waals surface area (Å²) in [5.74, 6) is 0.815. The van der Waals surface area contributed by atoms with Crippen molar-refractivity contribution in [3.05, 3.63) is 99.5 Å². The number of piperazine rings is 1. The molecule has 0 spiro atoms. The molecule has 2 aliphatic rings. The van der Waals surface area contributed by atoms with Crippen LogP contribution in [-0.2, 0) is 6.54 Å². The fourth-order valence-electron chi connectivity index (χ4n) is 5.26. The minimum Gasteiger partial charge on any atom is -0.474 e. The lowest BCUT2D eigenvalue weighted by molar-refractivity contribution is 0.0738. The molecule has 1 fully saturated rings. The van der Waals surface area contributed by atoms with Crippen molar-refractivity contribution in [2.75, 3.05) is 42.6 Å². The Morgan fingerprint density at radius 2 is 1.93 bits per heavy atom. The van der Waals surface area contributed by atoms with Gasteiger partial charge in [0.1, 0.15) is 18.5 Å².